The Labute approximate surface area is 106 Å². The number of nitriles is 1. The third-order valence-corrected chi connectivity index (χ3v) is 3.84. The molecule has 1 aliphatic heterocycles. The van der Waals surface area contributed by atoms with Crippen LogP contribution in [0.2, 0.25) is 0 Å². The van der Waals surface area contributed by atoms with Crippen LogP contribution in [-0.4, -0.2) is 48.1 Å². The first-order valence-corrected chi connectivity index (χ1v) is 6.77. The maximum absolute atomic E-state index is 8.54. The van der Waals surface area contributed by atoms with Crippen molar-refractivity contribution in [2.24, 2.45) is 0 Å². The lowest BCUT2D eigenvalue weighted by Gasteiger charge is -2.43. The predicted molar refractivity (Wildman–Crippen MR) is 71.8 cm³/mol. The van der Waals surface area contributed by atoms with Gasteiger partial charge < -0.3 is 4.90 Å². The molecule has 0 aromatic heterocycles. The van der Waals surface area contributed by atoms with Gasteiger partial charge in [-0.3, -0.25) is 4.90 Å². The predicted octanol–water partition coefficient (Wildman–Crippen LogP) is 2.48. The van der Waals surface area contributed by atoms with Crippen LogP contribution in [-0.2, 0) is 0 Å². The van der Waals surface area contributed by atoms with Gasteiger partial charge in [0.05, 0.1) is 6.07 Å². The van der Waals surface area contributed by atoms with Crippen LogP contribution in [0.25, 0.3) is 0 Å². The van der Waals surface area contributed by atoms with E-state index in [1.165, 1.54) is 25.9 Å². The molecule has 1 saturated heterocycles. The molecule has 0 aromatic carbocycles. The molecule has 0 unspecified atom stereocenters. The van der Waals surface area contributed by atoms with E-state index >= 15 is 0 Å². The lowest BCUT2D eigenvalue weighted by Crippen LogP contribution is -2.50. The molecule has 0 N–H and O–H groups in total. The van der Waals surface area contributed by atoms with Crippen molar-refractivity contribution < 1.29 is 0 Å². The van der Waals surface area contributed by atoms with Gasteiger partial charge in [0.15, 0.2) is 0 Å². The van der Waals surface area contributed by atoms with Crippen molar-refractivity contribution in [1.29, 1.82) is 5.26 Å². The maximum Gasteiger partial charge on any atom is 0.0622 e. The fraction of sp³-hybridized carbons (Fsp3) is 0.929. The highest BCUT2D eigenvalue weighted by atomic mass is 15.2. The normalized spacial score (nSPS) is 19.5. The monoisotopic (exact) mass is 237 g/mol. The average Bonchev–Trinajstić information content (AvgIpc) is 2.28. The molecular formula is C14H27N3. The quantitative estimate of drug-likeness (QED) is 0.704. The third kappa shape index (κ3) is 4.65. The van der Waals surface area contributed by atoms with E-state index in [1.54, 1.807) is 0 Å². The Morgan fingerprint density at radius 1 is 1.29 bits per heavy atom. The van der Waals surface area contributed by atoms with Gasteiger partial charge in [-0.1, -0.05) is 0 Å². The van der Waals surface area contributed by atoms with E-state index in [9.17, 15) is 0 Å². The van der Waals surface area contributed by atoms with Crippen LogP contribution in [0, 0.1) is 11.3 Å². The van der Waals surface area contributed by atoms with Gasteiger partial charge in [-0.2, -0.15) is 5.26 Å². The third-order valence-electron chi connectivity index (χ3n) is 3.84. The Balaban J connectivity index is 2.29. The molecule has 3 heteroatoms. The summed E-state index contributed by atoms with van der Waals surface area (Å²) in [5.41, 5.74) is 0.310. The largest absolute Gasteiger partial charge is 0.303 e. The van der Waals surface area contributed by atoms with Crippen LogP contribution in [0.1, 0.15) is 46.5 Å². The fourth-order valence-corrected chi connectivity index (χ4v) is 2.57. The van der Waals surface area contributed by atoms with Crippen LogP contribution < -0.4 is 0 Å². The summed E-state index contributed by atoms with van der Waals surface area (Å²) in [6, 6.07) is 2.93. The minimum atomic E-state index is 0.310. The second kappa shape index (κ2) is 6.37. The van der Waals surface area contributed by atoms with Gasteiger partial charge in [0.2, 0.25) is 0 Å². The first-order chi connectivity index (χ1) is 7.95. The number of rotatable bonds is 4. The van der Waals surface area contributed by atoms with E-state index in [4.69, 9.17) is 5.26 Å². The molecule has 1 fully saturated rings. The van der Waals surface area contributed by atoms with Gasteiger partial charge in [0, 0.05) is 31.1 Å². The minimum absolute atomic E-state index is 0.310. The Hall–Kier alpha value is -0.590. The van der Waals surface area contributed by atoms with Crippen molar-refractivity contribution in [2.75, 3.05) is 26.7 Å². The first kappa shape index (κ1) is 14.5. The van der Waals surface area contributed by atoms with Crippen molar-refractivity contribution in [3.05, 3.63) is 0 Å². The second-order valence-corrected chi connectivity index (χ2v) is 6.13. The maximum atomic E-state index is 8.54. The van der Waals surface area contributed by atoms with Crippen molar-refractivity contribution >= 4 is 0 Å². The van der Waals surface area contributed by atoms with E-state index < -0.39 is 0 Å². The summed E-state index contributed by atoms with van der Waals surface area (Å²) in [5, 5.41) is 8.54. The molecule has 0 aromatic rings. The number of hydrogen-bond donors (Lipinski definition) is 0. The Morgan fingerprint density at radius 2 is 1.88 bits per heavy atom. The summed E-state index contributed by atoms with van der Waals surface area (Å²) < 4.78 is 0. The summed E-state index contributed by atoms with van der Waals surface area (Å²) in [6.07, 6.45) is 4.22. The van der Waals surface area contributed by atoms with Crippen LogP contribution in [0.5, 0.6) is 0 Å². The summed E-state index contributed by atoms with van der Waals surface area (Å²) >= 11 is 0. The van der Waals surface area contributed by atoms with Gasteiger partial charge in [-0.05, 0) is 53.6 Å². The second-order valence-electron chi connectivity index (χ2n) is 6.13. The van der Waals surface area contributed by atoms with Crippen molar-refractivity contribution in [1.82, 2.24) is 9.80 Å². The number of piperidine rings is 1. The minimum Gasteiger partial charge on any atom is -0.303 e. The number of nitrogens with zero attached hydrogens (tertiary/aromatic N) is 3. The van der Waals surface area contributed by atoms with E-state index in [2.05, 4.69) is 43.7 Å². The van der Waals surface area contributed by atoms with Crippen LogP contribution >= 0.6 is 0 Å². The summed E-state index contributed by atoms with van der Waals surface area (Å²) in [6.45, 7) is 10.4. The van der Waals surface area contributed by atoms with E-state index in [0.29, 0.717) is 18.0 Å². The van der Waals surface area contributed by atoms with Crippen LogP contribution in [0.15, 0.2) is 0 Å². The highest BCUT2D eigenvalue weighted by molar-refractivity contribution is 4.85. The number of hydrogen-bond acceptors (Lipinski definition) is 3. The molecule has 0 radical (unpaired) electrons. The van der Waals surface area contributed by atoms with Gasteiger partial charge in [-0.15, -0.1) is 0 Å². The fourth-order valence-electron chi connectivity index (χ4n) is 2.57. The van der Waals surface area contributed by atoms with E-state index in [0.717, 1.165) is 13.0 Å². The van der Waals surface area contributed by atoms with Crippen molar-refractivity contribution in [3.8, 4) is 6.07 Å². The topological polar surface area (TPSA) is 30.3 Å². The lowest BCUT2D eigenvalue weighted by molar-refractivity contribution is 0.0653. The molecule has 0 spiro atoms. The SMILES string of the molecule is CN(CCCC#N)C1CCN(C(C)(C)C)CC1. The zero-order valence-electron chi connectivity index (χ0n) is 11.9. The zero-order chi connectivity index (χ0) is 12.9. The Kier molecular flexibility index (Phi) is 5.42. The van der Waals surface area contributed by atoms with Crippen LogP contribution in [0.3, 0.4) is 0 Å². The highest BCUT2D eigenvalue weighted by Crippen LogP contribution is 2.22. The number of likely N-dealkylation sites (tertiary alicyclic amines) is 1. The summed E-state index contributed by atoms with van der Waals surface area (Å²) in [4.78, 5) is 5.02. The van der Waals surface area contributed by atoms with Crippen molar-refractivity contribution in [2.45, 2.75) is 58.0 Å². The van der Waals surface area contributed by atoms with Crippen molar-refractivity contribution in [3.63, 3.8) is 0 Å². The molecule has 1 aliphatic rings. The molecule has 1 heterocycles. The molecule has 1 rings (SSSR count). The molecule has 0 atom stereocenters. The average molecular weight is 237 g/mol. The molecule has 17 heavy (non-hydrogen) atoms. The van der Waals surface area contributed by atoms with E-state index in [-0.39, 0.29) is 0 Å². The van der Waals surface area contributed by atoms with Gasteiger partial charge in [-0.25, -0.2) is 0 Å². The molecule has 98 valence electrons. The molecule has 3 nitrogen and oxygen atoms in total. The summed E-state index contributed by atoms with van der Waals surface area (Å²) in [7, 11) is 2.20. The molecule has 0 amide bonds. The smallest absolute Gasteiger partial charge is 0.0622 e. The number of unbranched alkanes of at least 4 members (excludes halogenated alkanes) is 1. The molecular weight excluding hydrogens is 210 g/mol. The molecule has 0 aliphatic carbocycles. The Bertz CT molecular complexity index is 254. The summed E-state index contributed by atoms with van der Waals surface area (Å²) in [5.74, 6) is 0. The van der Waals surface area contributed by atoms with E-state index in [1.807, 2.05) is 0 Å². The molecule has 0 saturated carbocycles. The molecule has 0 bridgehead atoms. The van der Waals surface area contributed by atoms with Gasteiger partial charge in [0.25, 0.3) is 0 Å². The lowest BCUT2D eigenvalue weighted by atomic mass is 9.97. The van der Waals surface area contributed by atoms with Gasteiger partial charge >= 0.3 is 0 Å². The van der Waals surface area contributed by atoms with Crippen LogP contribution in [0.4, 0.5) is 0 Å². The van der Waals surface area contributed by atoms with Gasteiger partial charge in [0.1, 0.15) is 0 Å². The zero-order valence-corrected chi connectivity index (χ0v) is 11.9. The standard InChI is InChI=1S/C14H27N3/c1-14(2,3)17-11-7-13(8-12-17)16(4)10-6-5-9-15/h13H,5-8,10-12H2,1-4H3. The first-order valence-electron chi connectivity index (χ1n) is 6.77. The Morgan fingerprint density at radius 3 is 2.35 bits per heavy atom. The highest BCUT2D eigenvalue weighted by Gasteiger charge is 2.28.